The number of nitrogens with two attached hydrogens (primary N) is 1. The van der Waals surface area contributed by atoms with Crippen LogP contribution in [0.2, 0.25) is 0 Å². The highest BCUT2D eigenvalue weighted by Gasteiger charge is 2.13. The Morgan fingerprint density at radius 2 is 2.23 bits per heavy atom. The Kier molecular flexibility index (Phi) is 6.34. The molecule has 0 heterocycles. The van der Waals surface area contributed by atoms with E-state index in [1.807, 2.05) is 0 Å². The monoisotopic (exact) mass is 195 g/mol. The van der Waals surface area contributed by atoms with E-state index in [1.54, 1.807) is 0 Å². The lowest BCUT2D eigenvalue weighted by Crippen LogP contribution is -2.40. The lowest BCUT2D eigenvalue weighted by molar-refractivity contribution is -0.122. The molecule has 0 aliphatic heterocycles. The number of nitrogens with zero attached hydrogens (tertiary/aromatic N) is 1. The quantitative estimate of drug-likeness (QED) is 0.587. The van der Waals surface area contributed by atoms with Gasteiger partial charge in [-0.1, -0.05) is 0 Å². The Morgan fingerprint density at radius 3 is 2.62 bits per heavy atom. The van der Waals surface area contributed by atoms with Crippen molar-refractivity contribution >= 4 is 5.91 Å². The van der Waals surface area contributed by atoms with Crippen LogP contribution < -0.4 is 11.1 Å². The molecule has 0 bridgehead atoms. The number of carbonyl (C=O) groups is 1. The minimum atomic E-state index is -2.43. The van der Waals surface area contributed by atoms with Crippen molar-refractivity contribution in [1.29, 1.82) is 0 Å². The van der Waals surface area contributed by atoms with Crippen LogP contribution >= 0.6 is 0 Å². The zero-order chi connectivity index (χ0) is 10.3. The van der Waals surface area contributed by atoms with Crippen LogP contribution in [0, 0.1) is 0 Å². The number of halogens is 2. The van der Waals surface area contributed by atoms with E-state index in [-0.39, 0.29) is 19.0 Å². The van der Waals surface area contributed by atoms with Crippen LogP contribution in [0.4, 0.5) is 8.78 Å². The largest absolute Gasteiger partial charge is 0.358 e. The van der Waals surface area contributed by atoms with Gasteiger partial charge in [0.25, 0.3) is 6.43 Å². The molecule has 0 aromatic carbocycles. The molecule has 0 aliphatic carbocycles. The van der Waals surface area contributed by atoms with Crippen LogP contribution in [0.15, 0.2) is 0 Å². The van der Waals surface area contributed by atoms with Crippen molar-refractivity contribution in [3.8, 4) is 0 Å². The number of amides is 1. The van der Waals surface area contributed by atoms with Gasteiger partial charge in [-0.2, -0.15) is 0 Å². The lowest BCUT2D eigenvalue weighted by Gasteiger charge is -2.19. The van der Waals surface area contributed by atoms with Crippen molar-refractivity contribution in [2.24, 2.45) is 5.73 Å². The Hall–Kier alpha value is -0.750. The minimum Gasteiger partial charge on any atom is -0.358 e. The maximum absolute atomic E-state index is 11.9. The third kappa shape index (κ3) is 6.41. The van der Waals surface area contributed by atoms with Gasteiger partial charge in [0, 0.05) is 20.1 Å². The number of hydrogen-bond acceptors (Lipinski definition) is 3. The first kappa shape index (κ1) is 12.2. The zero-order valence-electron chi connectivity index (χ0n) is 7.59. The van der Waals surface area contributed by atoms with E-state index in [9.17, 15) is 13.6 Å². The van der Waals surface area contributed by atoms with E-state index in [2.05, 4.69) is 5.32 Å². The number of alkyl halides is 2. The van der Waals surface area contributed by atoms with Gasteiger partial charge in [0.05, 0.1) is 13.1 Å². The van der Waals surface area contributed by atoms with Crippen molar-refractivity contribution in [2.45, 2.75) is 6.43 Å². The SMILES string of the molecule is CNC(=O)CN(CCN)CC(F)F. The summed E-state index contributed by atoms with van der Waals surface area (Å²) >= 11 is 0. The molecule has 6 heteroatoms. The van der Waals surface area contributed by atoms with Crippen molar-refractivity contribution in [2.75, 3.05) is 33.2 Å². The summed E-state index contributed by atoms with van der Waals surface area (Å²) in [5.74, 6) is -0.283. The number of hydrogen-bond donors (Lipinski definition) is 2. The molecule has 0 rings (SSSR count). The molecule has 4 nitrogen and oxygen atoms in total. The smallest absolute Gasteiger partial charge is 0.251 e. The first-order valence-electron chi connectivity index (χ1n) is 4.01. The summed E-state index contributed by atoms with van der Waals surface area (Å²) in [6, 6.07) is 0. The fourth-order valence-electron chi connectivity index (χ4n) is 0.895. The van der Waals surface area contributed by atoms with Gasteiger partial charge in [-0.3, -0.25) is 9.69 Å². The first-order valence-corrected chi connectivity index (χ1v) is 4.01. The maximum atomic E-state index is 11.9. The Balaban J connectivity index is 3.86. The van der Waals surface area contributed by atoms with Gasteiger partial charge in [-0.15, -0.1) is 0 Å². The minimum absolute atomic E-state index is 0.0297. The molecule has 0 aliphatic rings. The Morgan fingerprint density at radius 1 is 1.62 bits per heavy atom. The normalized spacial score (nSPS) is 10.9. The average molecular weight is 195 g/mol. The van der Waals surface area contributed by atoms with Crippen molar-refractivity contribution < 1.29 is 13.6 Å². The summed E-state index contributed by atoms with van der Waals surface area (Å²) in [6.07, 6.45) is -2.43. The molecule has 0 atom stereocenters. The molecule has 0 fully saturated rings. The van der Waals surface area contributed by atoms with E-state index in [4.69, 9.17) is 5.73 Å². The van der Waals surface area contributed by atoms with E-state index in [0.717, 1.165) is 0 Å². The second kappa shape index (κ2) is 6.73. The highest BCUT2D eigenvalue weighted by Crippen LogP contribution is 1.96. The van der Waals surface area contributed by atoms with Gasteiger partial charge >= 0.3 is 0 Å². The van der Waals surface area contributed by atoms with Crippen LogP contribution in [0.1, 0.15) is 0 Å². The fourth-order valence-corrected chi connectivity index (χ4v) is 0.895. The van der Waals surface area contributed by atoms with E-state index in [0.29, 0.717) is 6.54 Å². The molecular formula is C7H15F2N3O. The molecule has 1 amide bonds. The van der Waals surface area contributed by atoms with Crippen molar-refractivity contribution in [3.05, 3.63) is 0 Å². The van der Waals surface area contributed by atoms with Gasteiger partial charge in [-0.25, -0.2) is 8.78 Å². The molecule has 3 N–H and O–H groups in total. The van der Waals surface area contributed by atoms with E-state index in [1.165, 1.54) is 11.9 Å². The molecule has 0 radical (unpaired) electrons. The van der Waals surface area contributed by atoms with Crippen LogP contribution in [0.25, 0.3) is 0 Å². The Labute approximate surface area is 76.1 Å². The molecule has 0 saturated heterocycles. The predicted octanol–water partition coefficient (Wildman–Crippen LogP) is -0.742. The lowest BCUT2D eigenvalue weighted by atomic mass is 10.4. The molecule has 0 saturated carbocycles. The summed E-state index contributed by atoms with van der Waals surface area (Å²) in [5.41, 5.74) is 5.20. The number of nitrogens with one attached hydrogen (secondary N) is 1. The van der Waals surface area contributed by atoms with Crippen LogP contribution in [-0.2, 0) is 4.79 Å². The first-order chi connectivity index (χ1) is 6.10. The molecule has 0 spiro atoms. The molecule has 0 unspecified atom stereocenters. The summed E-state index contributed by atoms with van der Waals surface area (Å²) in [5, 5.41) is 2.36. The number of carbonyl (C=O) groups excluding carboxylic acids is 1. The second-order valence-electron chi connectivity index (χ2n) is 2.59. The second-order valence-corrected chi connectivity index (χ2v) is 2.59. The molecule has 78 valence electrons. The van der Waals surface area contributed by atoms with Gasteiger partial charge in [0.1, 0.15) is 0 Å². The fraction of sp³-hybridized carbons (Fsp3) is 0.857. The van der Waals surface area contributed by atoms with Gasteiger partial charge in [0.15, 0.2) is 0 Å². The summed E-state index contributed by atoms with van der Waals surface area (Å²) in [7, 11) is 1.46. The van der Waals surface area contributed by atoms with Crippen molar-refractivity contribution in [3.63, 3.8) is 0 Å². The summed E-state index contributed by atoms with van der Waals surface area (Å²) < 4.78 is 23.9. The third-order valence-corrected chi connectivity index (χ3v) is 1.49. The molecule has 0 aromatic heterocycles. The molecule has 0 aromatic rings. The van der Waals surface area contributed by atoms with Crippen LogP contribution in [0.3, 0.4) is 0 Å². The van der Waals surface area contributed by atoms with Gasteiger partial charge < -0.3 is 11.1 Å². The summed E-state index contributed by atoms with van der Waals surface area (Å²) in [4.78, 5) is 12.2. The third-order valence-electron chi connectivity index (χ3n) is 1.49. The number of rotatable bonds is 6. The Bertz CT molecular complexity index is 155. The number of likely N-dealkylation sites (N-methyl/N-ethyl adjacent to an activating group) is 1. The van der Waals surface area contributed by atoms with Crippen molar-refractivity contribution in [1.82, 2.24) is 10.2 Å². The van der Waals surface area contributed by atoms with Crippen LogP contribution in [0.5, 0.6) is 0 Å². The summed E-state index contributed by atoms with van der Waals surface area (Å²) in [6.45, 7) is 0.129. The van der Waals surface area contributed by atoms with Crippen LogP contribution in [-0.4, -0.2) is 50.5 Å². The topological polar surface area (TPSA) is 58.4 Å². The van der Waals surface area contributed by atoms with Gasteiger partial charge in [0.2, 0.25) is 5.91 Å². The molecule has 13 heavy (non-hydrogen) atoms. The zero-order valence-corrected chi connectivity index (χ0v) is 7.59. The average Bonchev–Trinajstić information content (AvgIpc) is 2.03. The van der Waals surface area contributed by atoms with Gasteiger partial charge in [-0.05, 0) is 0 Å². The maximum Gasteiger partial charge on any atom is 0.251 e. The molecular weight excluding hydrogens is 180 g/mol. The van der Waals surface area contributed by atoms with E-state index < -0.39 is 13.0 Å². The highest BCUT2D eigenvalue weighted by atomic mass is 19.3. The predicted molar refractivity (Wildman–Crippen MR) is 45.6 cm³/mol. The standard InChI is InChI=1S/C7H15F2N3O/c1-11-7(13)5-12(3-2-10)4-6(8)9/h6H,2-5,10H2,1H3,(H,11,13). The highest BCUT2D eigenvalue weighted by molar-refractivity contribution is 5.77. The van der Waals surface area contributed by atoms with E-state index >= 15 is 0 Å².